The minimum Gasteiger partial charge on any atom is -0.371 e. The highest BCUT2D eigenvalue weighted by Crippen LogP contribution is 2.42. The Labute approximate surface area is 358 Å². The first-order chi connectivity index (χ1) is 29.7. The van der Waals surface area contributed by atoms with E-state index in [2.05, 4.69) is 30.7 Å². The number of primary amides is 1. The molecule has 62 heavy (non-hydrogen) atoms. The van der Waals surface area contributed by atoms with Crippen LogP contribution in [-0.2, 0) is 24.2 Å². The van der Waals surface area contributed by atoms with Gasteiger partial charge in [0.2, 0.25) is 17.7 Å². The van der Waals surface area contributed by atoms with Gasteiger partial charge in [0, 0.05) is 80.3 Å². The van der Waals surface area contributed by atoms with Crippen molar-refractivity contribution in [2.75, 3.05) is 47.6 Å². The van der Waals surface area contributed by atoms with E-state index in [9.17, 15) is 37.2 Å². The third-order valence-electron chi connectivity index (χ3n) is 13.5. The van der Waals surface area contributed by atoms with Crippen LogP contribution in [0.2, 0.25) is 0 Å². The smallest absolute Gasteiger partial charge is 0.271 e. The fraction of sp³-hybridized carbons (Fsp3) is 0.488. The van der Waals surface area contributed by atoms with Crippen LogP contribution in [0.5, 0.6) is 0 Å². The summed E-state index contributed by atoms with van der Waals surface area (Å²) in [6.45, 7) is 2.78. The van der Waals surface area contributed by atoms with E-state index in [-0.39, 0.29) is 58.2 Å². The Balaban J connectivity index is 0.786. The number of hydrogen-bond acceptors (Lipinski definition) is 14. The second-order valence-electron chi connectivity index (χ2n) is 17.4. The number of carbonyl (C=O) groups is 6. The molecule has 5 N–H and O–H groups in total. The number of sulfone groups is 1. The number of rotatable bonds is 10. The molecule has 4 atom stereocenters. The van der Waals surface area contributed by atoms with Gasteiger partial charge >= 0.3 is 0 Å². The minimum atomic E-state index is -3.38. The number of fused-ring (bicyclic) bond motifs is 3. The lowest BCUT2D eigenvalue weighted by Crippen LogP contribution is -2.55. The average Bonchev–Trinajstić information content (AvgIpc) is 3.66. The number of imide groups is 2. The zero-order valence-electron chi connectivity index (χ0n) is 34.4. The minimum absolute atomic E-state index is 0.0496. The summed E-state index contributed by atoms with van der Waals surface area (Å²) < 4.78 is 23.8. The number of amides is 6. The predicted molar refractivity (Wildman–Crippen MR) is 226 cm³/mol. The first kappa shape index (κ1) is 41.4. The van der Waals surface area contributed by atoms with Gasteiger partial charge in [-0.25, -0.2) is 18.4 Å². The number of carbonyl (C=O) groups excluding carboxylic acids is 6. The molecule has 326 valence electrons. The number of anilines is 4. The molecule has 19 heteroatoms. The molecule has 9 rings (SSSR count). The molecule has 0 aliphatic carbocycles. The quantitative estimate of drug-likeness (QED) is 0.214. The van der Waals surface area contributed by atoms with Gasteiger partial charge in [-0.3, -0.25) is 43.9 Å². The zero-order chi connectivity index (χ0) is 43.4. The van der Waals surface area contributed by atoms with E-state index >= 15 is 0 Å². The average molecular weight is 867 g/mol. The Morgan fingerprint density at radius 3 is 2.23 bits per heavy atom. The van der Waals surface area contributed by atoms with E-state index in [0.717, 1.165) is 81.3 Å². The molecule has 6 aliphatic rings. The van der Waals surface area contributed by atoms with Crippen molar-refractivity contribution >= 4 is 68.3 Å². The van der Waals surface area contributed by atoms with Crippen LogP contribution < -0.4 is 31.5 Å². The molecular weight excluding hydrogens is 817 g/mol. The molecule has 0 spiro atoms. The topological polar surface area (TPSA) is 237 Å². The van der Waals surface area contributed by atoms with E-state index in [4.69, 9.17) is 10.7 Å². The van der Waals surface area contributed by atoms with Gasteiger partial charge < -0.3 is 26.2 Å². The highest BCUT2D eigenvalue weighted by atomic mass is 32.2. The molecule has 1 aromatic heterocycles. The molecule has 6 amide bonds. The van der Waals surface area contributed by atoms with Crippen molar-refractivity contribution < 1.29 is 37.2 Å². The lowest BCUT2D eigenvalue weighted by atomic mass is 9.86. The zero-order valence-corrected chi connectivity index (χ0v) is 35.2. The number of nitrogens with zero attached hydrogens (tertiary/aromatic N) is 6. The summed E-state index contributed by atoms with van der Waals surface area (Å²) in [4.78, 5) is 94.1. The van der Waals surface area contributed by atoms with Gasteiger partial charge in [0.05, 0.1) is 22.2 Å². The number of benzene rings is 2. The van der Waals surface area contributed by atoms with Crippen LogP contribution in [0.4, 0.5) is 23.0 Å². The highest BCUT2D eigenvalue weighted by Gasteiger charge is 2.47. The Bertz CT molecular complexity index is 2440. The van der Waals surface area contributed by atoms with E-state index in [1.165, 1.54) is 18.3 Å². The molecule has 18 nitrogen and oxygen atoms in total. The summed E-state index contributed by atoms with van der Waals surface area (Å²) >= 11 is 0. The maximum atomic E-state index is 13.9. The van der Waals surface area contributed by atoms with Gasteiger partial charge in [0.15, 0.2) is 21.3 Å². The number of nitrogens with two attached hydrogens (primary N) is 1. The summed E-state index contributed by atoms with van der Waals surface area (Å²) in [5, 5.41) is 8.65. The van der Waals surface area contributed by atoms with Crippen molar-refractivity contribution in [2.24, 2.45) is 11.7 Å². The maximum Gasteiger partial charge on any atom is 0.271 e. The molecule has 2 aromatic carbocycles. The van der Waals surface area contributed by atoms with Crippen molar-refractivity contribution in [1.29, 1.82) is 0 Å². The summed E-state index contributed by atoms with van der Waals surface area (Å²) in [5.41, 5.74) is 7.49. The van der Waals surface area contributed by atoms with Crippen LogP contribution in [0.1, 0.15) is 95.4 Å². The molecular formula is C43H50N10O8S. The normalized spacial score (nSPS) is 25.8. The number of piperidine rings is 4. The molecule has 3 unspecified atom stereocenters. The van der Waals surface area contributed by atoms with Crippen molar-refractivity contribution in [3.8, 4) is 0 Å². The summed E-state index contributed by atoms with van der Waals surface area (Å²) in [6, 6.07) is 11.3. The fourth-order valence-corrected chi connectivity index (χ4v) is 11.1. The van der Waals surface area contributed by atoms with E-state index in [1.54, 1.807) is 24.3 Å². The summed E-state index contributed by atoms with van der Waals surface area (Å²) in [5.74, 6) is -2.13. The van der Waals surface area contributed by atoms with E-state index < -0.39 is 45.4 Å². The largest absolute Gasteiger partial charge is 0.371 e. The molecule has 6 aliphatic heterocycles. The van der Waals surface area contributed by atoms with Crippen LogP contribution in [0.25, 0.3) is 0 Å². The van der Waals surface area contributed by atoms with Crippen LogP contribution in [0, 0.1) is 5.92 Å². The Morgan fingerprint density at radius 2 is 1.55 bits per heavy atom. The first-order valence-electron chi connectivity index (χ1n) is 21.4. The molecule has 5 fully saturated rings. The van der Waals surface area contributed by atoms with Gasteiger partial charge in [-0.1, -0.05) is 0 Å². The highest BCUT2D eigenvalue weighted by molar-refractivity contribution is 7.90. The summed E-state index contributed by atoms with van der Waals surface area (Å²) in [6.07, 6.45) is 10.1. The Kier molecular flexibility index (Phi) is 10.9. The molecule has 2 bridgehead atoms. The monoisotopic (exact) mass is 866 g/mol. The number of aromatic nitrogens is 2. The van der Waals surface area contributed by atoms with Gasteiger partial charge in [-0.05, 0) is 100 Å². The lowest BCUT2D eigenvalue weighted by molar-refractivity contribution is -0.136. The Hall–Kier alpha value is -5.95. The van der Waals surface area contributed by atoms with Crippen molar-refractivity contribution in [2.45, 2.75) is 99.3 Å². The van der Waals surface area contributed by atoms with Gasteiger partial charge in [-0.2, -0.15) is 0 Å². The van der Waals surface area contributed by atoms with E-state index in [0.29, 0.717) is 42.7 Å². The fourth-order valence-electron chi connectivity index (χ4n) is 10.4. The number of nitrogens with one attached hydrogen (secondary N) is 3. The second kappa shape index (κ2) is 16.4. The van der Waals surface area contributed by atoms with Crippen LogP contribution in [-0.4, -0.2) is 126 Å². The molecule has 7 heterocycles. The van der Waals surface area contributed by atoms with Crippen LogP contribution in [0.15, 0.2) is 53.6 Å². The Morgan fingerprint density at radius 1 is 0.839 bits per heavy atom. The van der Waals surface area contributed by atoms with Gasteiger partial charge in [0.25, 0.3) is 17.7 Å². The van der Waals surface area contributed by atoms with Gasteiger partial charge in [0.1, 0.15) is 11.9 Å². The first-order valence-corrected chi connectivity index (χ1v) is 23.3. The summed E-state index contributed by atoms with van der Waals surface area (Å²) in [7, 11) is -3.38. The molecule has 3 aromatic rings. The molecule has 5 saturated heterocycles. The third kappa shape index (κ3) is 7.98. The maximum absolute atomic E-state index is 13.9. The van der Waals surface area contributed by atoms with E-state index in [1.807, 2.05) is 11.0 Å². The standard InChI is InChI=1S/C43H50N10O8S/c1-62(60,61)31-9-4-25(5-10-31)46-39-37(38(44)55)45-22-35(48-39)51-16-2-3-26(23-51)47-40(56)24-19-29-6-7-30(20-24)52(29)27-14-17-50(18-15-27)28-8-11-32-33(21-28)43(59)53(42(32)58)34-12-13-36(54)49-41(34)57/h4-5,8-11,21-22,24,26-27,29-30,34H,2-3,6-7,12-20,23H2,1H3,(H2,44,55)(H,46,48)(H,47,56)(H,49,54,57)/t24?,26-,29?,30?,34?/m1/s1. The molecule has 0 saturated carbocycles. The van der Waals surface area contributed by atoms with Gasteiger partial charge in [-0.15, -0.1) is 0 Å². The SMILES string of the molecule is CS(=O)(=O)c1ccc(Nc2nc(N3CCC[C@@H](NC(=O)C4CC5CCC(C4)N5C4CCN(c5ccc6c(c5)C(=O)N(C5CCC(=O)NC5=O)C6=O)CC4)C3)cnc2C(N)=O)cc1. The van der Waals surface area contributed by atoms with Crippen molar-refractivity contribution in [3.05, 3.63) is 65.5 Å². The van der Waals surface area contributed by atoms with Crippen molar-refractivity contribution in [1.82, 2.24) is 30.4 Å². The van der Waals surface area contributed by atoms with Crippen LogP contribution >= 0.6 is 0 Å². The number of hydrogen-bond donors (Lipinski definition) is 4. The van der Waals surface area contributed by atoms with Crippen LogP contribution in [0.3, 0.4) is 0 Å². The third-order valence-corrected chi connectivity index (χ3v) is 14.6. The van der Waals surface area contributed by atoms with Crippen molar-refractivity contribution in [3.63, 3.8) is 0 Å². The predicted octanol–water partition coefficient (Wildman–Crippen LogP) is 2.12. The lowest BCUT2D eigenvalue weighted by Gasteiger charge is -2.46. The second-order valence-corrected chi connectivity index (χ2v) is 19.4. The molecule has 0 radical (unpaired) electrons.